The SMILES string of the molecule is O=C(CSc1nc2ccccc2s1)N1CCC(Oc2nccs2)C1. The molecule has 1 aliphatic heterocycles. The zero-order valence-corrected chi connectivity index (χ0v) is 15.2. The summed E-state index contributed by atoms with van der Waals surface area (Å²) in [6.07, 6.45) is 2.64. The monoisotopic (exact) mass is 377 g/mol. The number of rotatable bonds is 5. The summed E-state index contributed by atoms with van der Waals surface area (Å²) in [4.78, 5) is 23.0. The van der Waals surface area contributed by atoms with Crippen LogP contribution in [0.15, 0.2) is 40.2 Å². The summed E-state index contributed by atoms with van der Waals surface area (Å²) in [5.41, 5.74) is 0.996. The van der Waals surface area contributed by atoms with Crippen LogP contribution in [0, 0.1) is 0 Å². The summed E-state index contributed by atoms with van der Waals surface area (Å²) in [5, 5.41) is 2.57. The molecule has 5 nitrogen and oxygen atoms in total. The van der Waals surface area contributed by atoms with Gasteiger partial charge in [-0.25, -0.2) is 9.97 Å². The highest BCUT2D eigenvalue weighted by Crippen LogP contribution is 2.29. The van der Waals surface area contributed by atoms with Crippen molar-refractivity contribution in [1.82, 2.24) is 14.9 Å². The second kappa shape index (κ2) is 7.08. The molecule has 3 heterocycles. The Labute approximate surface area is 151 Å². The molecular formula is C16H15N3O2S3. The van der Waals surface area contributed by atoms with Crippen molar-refractivity contribution < 1.29 is 9.53 Å². The third-order valence-corrected chi connectivity index (χ3v) is 6.59. The van der Waals surface area contributed by atoms with Crippen LogP contribution in [0.3, 0.4) is 0 Å². The molecule has 1 aromatic carbocycles. The lowest BCUT2D eigenvalue weighted by atomic mass is 10.3. The van der Waals surface area contributed by atoms with Gasteiger partial charge in [-0.2, -0.15) is 0 Å². The maximum absolute atomic E-state index is 12.4. The van der Waals surface area contributed by atoms with Gasteiger partial charge in [-0.1, -0.05) is 35.2 Å². The van der Waals surface area contributed by atoms with Crippen LogP contribution < -0.4 is 4.74 Å². The van der Waals surface area contributed by atoms with Crippen molar-refractivity contribution in [2.24, 2.45) is 0 Å². The first-order chi connectivity index (χ1) is 11.8. The van der Waals surface area contributed by atoms with Gasteiger partial charge in [0.15, 0.2) is 4.34 Å². The fourth-order valence-corrected chi connectivity index (χ4v) is 5.11. The number of carbonyl (C=O) groups excluding carboxylic acids is 1. The van der Waals surface area contributed by atoms with E-state index < -0.39 is 0 Å². The highest BCUT2D eigenvalue weighted by atomic mass is 32.2. The third kappa shape index (κ3) is 3.55. The van der Waals surface area contributed by atoms with Gasteiger partial charge in [0, 0.05) is 24.5 Å². The van der Waals surface area contributed by atoms with Gasteiger partial charge in [0.2, 0.25) is 5.91 Å². The molecule has 4 rings (SSSR count). The molecule has 0 saturated carbocycles. The van der Waals surface area contributed by atoms with Crippen molar-refractivity contribution in [1.29, 1.82) is 0 Å². The molecule has 0 N–H and O–H groups in total. The Morgan fingerprint density at radius 2 is 2.33 bits per heavy atom. The fraction of sp³-hybridized carbons (Fsp3) is 0.312. The second-order valence-electron chi connectivity index (χ2n) is 5.40. The summed E-state index contributed by atoms with van der Waals surface area (Å²) in [7, 11) is 0. The van der Waals surface area contributed by atoms with Gasteiger partial charge >= 0.3 is 0 Å². The maximum atomic E-state index is 12.4. The summed E-state index contributed by atoms with van der Waals surface area (Å²) in [6.45, 7) is 1.38. The Balaban J connectivity index is 1.30. The van der Waals surface area contributed by atoms with Crippen LogP contribution in [0.25, 0.3) is 10.2 Å². The molecule has 1 saturated heterocycles. The van der Waals surface area contributed by atoms with Gasteiger partial charge in [-0.15, -0.1) is 11.3 Å². The number of fused-ring (bicyclic) bond motifs is 1. The van der Waals surface area contributed by atoms with E-state index in [1.807, 2.05) is 28.5 Å². The Bertz CT molecular complexity index is 801. The van der Waals surface area contributed by atoms with Crippen molar-refractivity contribution in [3.63, 3.8) is 0 Å². The first-order valence-corrected chi connectivity index (χ1v) is 10.3. The zero-order chi connectivity index (χ0) is 16.4. The maximum Gasteiger partial charge on any atom is 0.273 e. The second-order valence-corrected chi connectivity index (χ2v) is 8.51. The number of thioether (sulfide) groups is 1. The molecule has 1 amide bonds. The first-order valence-electron chi connectivity index (χ1n) is 7.60. The number of hydrogen-bond acceptors (Lipinski definition) is 7. The lowest BCUT2D eigenvalue weighted by Gasteiger charge is -2.15. The van der Waals surface area contributed by atoms with E-state index in [4.69, 9.17) is 4.74 Å². The number of carbonyl (C=O) groups is 1. The number of nitrogens with zero attached hydrogens (tertiary/aromatic N) is 3. The van der Waals surface area contributed by atoms with Crippen LogP contribution in [-0.2, 0) is 4.79 Å². The van der Waals surface area contributed by atoms with Gasteiger partial charge in [0.25, 0.3) is 5.19 Å². The molecule has 1 unspecified atom stereocenters. The largest absolute Gasteiger partial charge is 0.465 e. The topological polar surface area (TPSA) is 55.3 Å². The standard InChI is InChI=1S/C16H15N3O2S3/c20-14(10-23-16-18-12-3-1-2-4-13(12)24-16)19-7-5-11(9-19)21-15-17-6-8-22-15/h1-4,6,8,11H,5,7,9-10H2. The van der Waals surface area contributed by atoms with E-state index >= 15 is 0 Å². The molecule has 3 aromatic rings. The lowest BCUT2D eigenvalue weighted by molar-refractivity contribution is -0.127. The molecule has 0 spiro atoms. The predicted octanol–water partition coefficient (Wildman–Crippen LogP) is 3.52. The van der Waals surface area contributed by atoms with Gasteiger partial charge in [-0.05, 0) is 12.1 Å². The lowest BCUT2D eigenvalue weighted by Crippen LogP contribution is -2.32. The molecule has 124 valence electrons. The number of ether oxygens (including phenoxy) is 1. The van der Waals surface area contributed by atoms with E-state index in [-0.39, 0.29) is 12.0 Å². The molecular weight excluding hydrogens is 362 g/mol. The smallest absolute Gasteiger partial charge is 0.273 e. The Morgan fingerprint density at radius 1 is 1.42 bits per heavy atom. The van der Waals surface area contributed by atoms with E-state index in [2.05, 4.69) is 16.0 Å². The molecule has 1 atom stereocenters. The summed E-state index contributed by atoms with van der Waals surface area (Å²) >= 11 is 4.63. The zero-order valence-electron chi connectivity index (χ0n) is 12.8. The van der Waals surface area contributed by atoms with Crippen LogP contribution >= 0.6 is 34.4 Å². The van der Waals surface area contributed by atoms with Crippen molar-refractivity contribution in [3.8, 4) is 5.19 Å². The Hall–Kier alpha value is -1.64. The molecule has 0 aliphatic carbocycles. The highest BCUT2D eigenvalue weighted by Gasteiger charge is 2.28. The summed E-state index contributed by atoms with van der Waals surface area (Å²) in [6, 6.07) is 8.04. The Morgan fingerprint density at radius 3 is 3.17 bits per heavy atom. The van der Waals surface area contributed by atoms with E-state index in [9.17, 15) is 4.79 Å². The molecule has 1 aliphatic rings. The van der Waals surface area contributed by atoms with E-state index in [1.54, 1.807) is 17.5 Å². The van der Waals surface area contributed by atoms with Crippen molar-refractivity contribution in [3.05, 3.63) is 35.8 Å². The molecule has 2 aromatic heterocycles. The van der Waals surface area contributed by atoms with E-state index in [1.165, 1.54) is 23.1 Å². The number of aromatic nitrogens is 2. The van der Waals surface area contributed by atoms with Crippen LogP contribution in [-0.4, -0.2) is 45.7 Å². The molecule has 0 radical (unpaired) electrons. The molecule has 8 heteroatoms. The number of likely N-dealkylation sites (tertiary alicyclic amines) is 1. The van der Waals surface area contributed by atoms with Crippen LogP contribution in [0.5, 0.6) is 5.19 Å². The molecule has 24 heavy (non-hydrogen) atoms. The number of benzene rings is 1. The van der Waals surface area contributed by atoms with Crippen LogP contribution in [0.2, 0.25) is 0 Å². The van der Waals surface area contributed by atoms with E-state index in [0.717, 1.165) is 27.5 Å². The number of para-hydroxylation sites is 1. The first kappa shape index (κ1) is 15.9. The van der Waals surface area contributed by atoms with Gasteiger partial charge in [0.1, 0.15) is 6.10 Å². The minimum absolute atomic E-state index is 0.0487. The van der Waals surface area contributed by atoms with E-state index in [0.29, 0.717) is 17.5 Å². The number of hydrogen-bond donors (Lipinski definition) is 0. The number of thiazole rings is 2. The van der Waals surface area contributed by atoms with Gasteiger partial charge < -0.3 is 9.64 Å². The number of amides is 1. The minimum Gasteiger partial charge on any atom is -0.465 e. The predicted molar refractivity (Wildman–Crippen MR) is 98.1 cm³/mol. The summed E-state index contributed by atoms with van der Waals surface area (Å²) < 4.78 is 7.90. The van der Waals surface area contributed by atoms with Crippen molar-refractivity contribution in [2.75, 3.05) is 18.8 Å². The average Bonchev–Trinajstić information content (AvgIpc) is 3.33. The van der Waals surface area contributed by atoms with Crippen LogP contribution in [0.4, 0.5) is 0 Å². The van der Waals surface area contributed by atoms with Gasteiger partial charge in [-0.3, -0.25) is 4.79 Å². The van der Waals surface area contributed by atoms with Crippen LogP contribution in [0.1, 0.15) is 6.42 Å². The molecule has 0 bridgehead atoms. The molecule has 1 fully saturated rings. The minimum atomic E-state index is 0.0487. The van der Waals surface area contributed by atoms with Crippen molar-refractivity contribution in [2.45, 2.75) is 16.9 Å². The highest BCUT2D eigenvalue weighted by molar-refractivity contribution is 8.01. The quantitative estimate of drug-likeness (QED) is 0.637. The van der Waals surface area contributed by atoms with Gasteiger partial charge in [0.05, 0.1) is 22.5 Å². The normalized spacial score (nSPS) is 17.5. The van der Waals surface area contributed by atoms with Crippen molar-refractivity contribution >= 4 is 50.6 Å². The third-order valence-electron chi connectivity index (χ3n) is 3.77. The average molecular weight is 378 g/mol. The Kier molecular flexibility index (Phi) is 4.68. The fourth-order valence-electron chi connectivity index (χ4n) is 2.59. The summed E-state index contributed by atoms with van der Waals surface area (Å²) in [5.74, 6) is 0.563.